The lowest BCUT2D eigenvalue weighted by Crippen LogP contribution is -2.13. The molecule has 0 bridgehead atoms. The fraction of sp³-hybridized carbons (Fsp3) is 0.176. The summed E-state index contributed by atoms with van der Waals surface area (Å²) in [7, 11) is 0. The highest BCUT2D eigenvalue weighted by Crippen LogP contribution is 2.23. The van der Waals surface area contributed by atoms with Crippen molar-refractivity contribution in [3.63, 3.8) is 0 Å². The number of esters is 1. The minimum atomic E-state index is -0.547. The molecular formula is C17H14ClNO3S. The van der Waals surface area contributed by atoms with E-state index in [2.05, 4.69) is 11.1 Å². The molecule has 2 heterocycles. The van der Waals surface area contributed by atoms with Crippen molar-refractivity contribution in [3.8, 4) is 0 Å². The van der Waals surface area contributed by atoms with Crippen molar-refractivity contribution in [2.24, 2.45) is 0 Å². The number of carbonyl (C=O) groups is 2. The van der Waals surface area contributed by atoms with Crippen molar-refractivity contribution < 1.29 is 14.3 Å². The quantitative estimate of drug-likeness (QED) is 0.556. The van der Waals surface area contributed by atoms with Crippen LogP contribution in [0.5, 0.6) is 0 Å². The van der Waals surface area contributed by atoms with Crippen LogP contribution in [-0.4, -0.2) is 23.3 Å². The molecule has 0 aliphatic carbocycles. The third-order valence-electron chi connectivity index (χ3n) is 3.49. The molecule has 118 valence electrons. The maximum atomic E-state index is 12.1. The second-order valence-electron chi connectivity index (χ2n) is 5.33. The van der Waals surface area contributed by atoms with E-state index in [0.29, 0.717) is 14.9 Å². The van der Waals surface area contributed by atoms with Gasteiger partial charge in [0.1, 0.15) is 5.69 Å². The van der Waals surface area contributed by atoms with Crippen molar-refractivity contribution in [2.45, 2.75) is 13.8 Å². The number of ketones is 1. The summed E-state index contributed by atoms with van der Waals surface area (Å²) >= 11 is 6.96. The molecule has 0 saturated heterocycles. The second kappa shape index (κ2) is 6.18. The number of aryl methyl sites for hydroxylation is 2. The van der Waals surface area contributed by atoms with E-state index in [4.69, 9.17) is 16.3 Å². The van der Waals surface area contributed by atoms with Crippen molar-refractivity contribution in [1.29, 1.82) is 0 Å². The lowest BCUT2D eigenvalue weighted by Gasteiger charge is -2.01. The molecule has 0 amide bonds. The van der Waals surface area contributed by atoms with Crippen LogP contribution in [0.1, 0.15) is 31.3 Å². The van der Waals surface area contributed by atoms with Crippen LogP contribution >= 0.6 is 22.9 Å². The van der Waals surface area contributed by atoms with E-state index < -0.39 is 5.97 Å². The number of rotatable bonds is 4. The van der Waals surface area contributed by atoms with Gasteiger partial charge in [-0.15, -0.1) is 11.3 Å². The Kier molecular flexibility index (Phi) is 4.24. The summed E-state index contributed by atoms with van der Waals surface area (Å²) in [6, 6.07) is 9.04. The van der Waals surface area contributed by atoms with Crippen LogP contribution in [0.3, 0.4) is 0 Å². The van der Waals surface area contributed by atoms with E-state index in [9.17, 15) is 9.59 Å². The van der Waals surface area contributed by atoms with Gasteiger partial charge in [0.25, 0.3) is 0 Å². The lowest BCUT2D eigenvalue weighted by atomic mass is 10.1. The first kappa shape index (κ1) is 15.8. The summed E-state index contributed by atoms with van der Waals surface area (Å²) in [6.45, 7) is 3.68. The van der Waals surface area contributed by atoms with Crippen LogP contribution in [0.2, 0.25) is 4.34 Å². The number of halogens is 1. The fourth-order valence-electron chi connectivity index (χ4n) is 2.45. The molecule has 3 rings (SSSR count). The molecule has 0 saturated carbocycles. The van der Waals surface area contributed by atoms with Gasteiger partial charge >= 0.3 is 5.97 Å². The first-order valence-corrected chi connectivity index (χ1v) is 8.19. The minimum absolute atomic E-state index is 0.265. The second-order valence-corrected chi connectivity index (χ2v) is 7.04. The highest BCUT2D eigenvalue weighted by atomic mass is 35.5. The predicted octanol–water partition coefficient (Wildman–Crippen LogP) is 4.54. The number of thiophene rings is 1. The van der Waals surface area contributed by atoms with E-state index in [1.165, 1.54) is 11.3 Å². The van der Waals surface area contributed by atoms with E-state index >= 15 is 0 Å². The van der Waals surface area contributed by atoms with E-state index in [-0.39, 0.29) is 12.4 Å². The fourth-order valence-corrected chi connectivity index (χ4v) is 3.42. The van der Waals surface area contributed by atoms with Crippen LogP contribution in [0.25, 0.3) is 10.9 Å². The highest BCUT2D eigenvalue weighted by molar-refractivity contribution is 7.18. The monoisotopic (exact) mass is 347 g/mol. The molecule has 0 unspecified atom stereocenters. The van der Waals surface area contributed by atoms with Crippen molar-refractivity contribution in [2.75, 3.05) is 6.61 Å². The van der Waals surface area contributed by atoms with Crippen molar-refractivity contribution >= 4 is 45.6 Å². The Labute approximate surface area is 142 Å². The SMILES string of the molecule is Cc1cc(C)c2cc(C(=O)OCC(=O)c3ccc(Cl)s3)[nH]c2c1. The first-order chi connectivity index (χ1) is 10.9. The molecule has 1 N–H and O–H groups in total. The highest BCUT2D eigenvalue weighted by Gasteiger charge is 2.16. The number of hydrogen-bond acceptors (Lipinski definition) is 4. The van der Waals surface area contributed by atoms with E-state index in [1.54, 1.807) is 18.2 Å². The summed E-state index contributed by atoms with van der Waals surface area (Å²) in [6.07, 6.45) is 0. The number of nitrogens with one attached hydrogen (secondary N) is 1. The molecule has 1 aromatic carbocycles. The number of aromatic nitrogens is 1. The number of Topliss-reactive ketones (excluding diaryl/α,β-unsaturated/α-hetero) is 1. The minimum Gasteiger partial charge on any atom is -0.453 e. The zero-order valence-corrected chi connectivity index (χ0v) is 14.2. The molecule has 0 fully saturated rings. The van der Waals surface area contributed by atoms with Gasteiger partial charge in [0, 0.05) is 10.9 Å². The van der Waals surface area contributed by atoms with Gasteiger partial charge in [-0.05, 0) is 49.2 Å². The maximum Gasteiger partial charge on any atom is 0.355 e. The molecule has 0 atom stereocenters. The van der Waals surface area contributed by atoms with Crippen molar-refractivity contribution in [1.82, 2.24) is 4.98 Å². The summed E-state index contributed by atoms with van der Waals surface area (Å²) in [4.78, 5) is 27.6. The van der Waals surface area contributed by atoms with Crippen LogP contribution in [0.15, 0.2) is 30.3 Å². The molecule has 4 nitrogen and oxygen atoms in total. The van der Waals surface area contributed by atoms with Gasteiger partial charge < -0.3 is 9.72 Å². The number of hydrogen-bond donors (Lipinski definition) is 1. The molecule has 6 heteroatoms. The number of carbonyl (C=O) groups excluding carboxylic acids is 2. The van der Waals surface area contributed by atoms with Crippen LogP contribution in [-0.2, 0) is 4.74 Å². The van der Waals surface area contributed by atoms with Crippen LogP contribution in [0.4, 0.5) is 0 Å². The zero-order valence-electron chi connectivity index (χ0n) is 12.6. The molecule has 3 aromatic rings. The third kappa shape index (κ3) is 3.30. The average molecular weight is 348 g/mol. The Bertz CT molecular complexity index is 910. The summed E-state index contributed by atoms with van der Waals surface area (Å²) in [5, 5.41) is 0.971. The Balaban J connectivity index is 1.73. The molecule has 2 aromatic heterocycles. The zero-order chi connectivity index (χ0) is 16.6. The number of fused-ring (bicyclic) bond motifs is 1. The molecule has 0 spiro atoms. The smallest absolute Gasteiger partial charge is 0.355 e. The number of ether oxygens (including phenoxy) is 1. The molecule has 0 aliphatic heterocycles. The Hall–Kier alpha value is -2.11. The van der Waals surface area contributed by atoms with Gasteiger partial charge in [0.2, 0.25) is 5.78 Å². The van der Waals surface area contributed by atoms with Gasteiger partial charge in [-0.25, -0.2) is 4.79 Å². The largest absolute Gasteiger partial charge is 0.453 e. The average Bonchev–Trinajstić information content (AvgIpc) is 3.10. The predicted molar refractivity (Wildman–Crippen MR) is 91.7 cm³/mol. The molecule has 23 heavy (non-hydrogen) atoms. The maximum absolute atomic E-state index is 12.1. The number of H-pyrrole nitrogens is 1. The first-order valence-electron chi connectivity index (χ1n) is 6.99. The number of benzene rings is 1. The summed E-state index contributed by atoms with van der Waals surface area (Å²) in [5.74, 6) is -0.812. The standard InChI is InChI=1S/C17H14ClNO3S/c1-9-5-10(2)11-7-13(19-12(11)6-9)17(21)22-8-14(20)15-3-4-16(18)23-15/h3-7,19H,8H2,1-2H3. The molecule has 0 aliphatic rings. The Morgan fingerprint density at radius 1 is 1.22 bits per heavy atom. The lowest BCUT2D eigenvalue weighted by molar-refractivity contribution is 0.0471. The van der Waals surface area contributed by atoms with Gasteiger partial charge in [-0.1, -0.05) is 17.7 Å². The van der Waals surface area contributed by atoms with Gasteiger partial charge in [0.15, 0.2) is 6.61 Å². The van der Waals surface area contributed by atoms with Crippen LogP contribution in [0, 0.1) is 13.8 Å². The van der Waals surface area contributed by atoms with E-state index in [0.717, 1.165) is 22.0 Å². The van der Waals surface area contributed by atoms with E-state index in [1.807, 2.05) is 19.9 Å². The third-order valence-corrected chi connectivity index (χ3v) is 4.76. The topological polar surface area (TPSA) is 59.2 Å². The van der Waals surface area contributed by atoms with Gasteiger partial charge in [0.05, 0.1) is 9.21 Å². The molecule has 0 radical (unpaired) electrons. The Morgan fingerprint density at radius 3 is 2.70 bits per heavy atom. The number of aromatic amines is 1. The summed E-state index contributed by atoms with van der Waals surface area (Å²) in [5.41, 5.74) is 3.41. The van der Waals surface area contributed by atoms with Crippen LogP contribution < -0.4 is 0 Å². The molecular weight excluding hydrogens is 334 g/mol. The normalized spacial score (nSPS) is 10.9. The van der Waals surface area contributed by atoms with Gasteiger partial charge in [-0.3, -0.25) is 4.79 Å². The van der Waals surface area contributed by atoms with Crippen molar-refractivity contribution in [3.05, 3.63) is 56.4 Å². The Morgan fingerprint density at radius 2 is 2.00 bits per heavy atom. The summed E-state index contributed by atoms with van der Waals surface area (Å²) < 4.78 is 5.63. The van der Waals surface area contributed by atoms with Gasteiger partial charge in [-0.2, -0.15) is 0 Å².